The van der Waals surface area contributed by atoms with E-state index in [9.17, 15) is 14.0 Å². The van der Waals surface area contributed by atoms with E-state index in [-0.39, 0.29) is 23.0 Å². The number of benzene rings is 1. The fraction of sp³-hybridized carbons (Fsp3) is 0.600. The molecule has 2 heterocycles. The molecular weight excluding hydrogens is 333 g/mol. The molecule has 1 aromatic carbocycles. The van der Waals surface area contributed by atoms with Crippen LogP contribution >= 0.6 is 0 Å². The average Bonchev–Trinajstić information content (AvgIpc) is 2.61. The summed E-state index contributed by atoms with van der Waals surface area (Å²) in [6.45, 7) is 3.01. The molecule has 6 heteroatoms. The van der Waals surface area contributed by atoms with Gasteiger partial charge in [0.05, 0.1) is 6.54 Å². The summed E-state index contributed by atoms with van der Waals surface area (Å²) in [7, 11) is 3.72. The van der Waals surface area contributed by atoms with Crippen molar-refractivity contribution < 1.29 is 14.0 Å². The second-order valence-electron chi connectivity index (χ2n) is 7.89. The first kappa shape index (κ1) is 18.8. The quantitative estimate of drug-likeness (QED) is 0.825. The van der Waals surface area contributed by atoms with Gasteiger partial charge in [0.15, 0.2) is 0 Å². The van der Waals surface area contributed by atoms with Crippen molar-refractivity contribution in [3.8, 4) is 0 Å². The summed E-state index contributed by atoms with van der Waals surface area (Å²) < 4.78 is 13.8. The molecule has 3 rings (SSSR count). The monoisotopic (exact) mass is 361 g/mol. The van der Waals surface area contributed by atoms with Gasteiger partial charge in [-0.1, -0.05) is 18.2 Å². The number of likely N-dealkylation sites (N-methyl/N-ethyl adjacent to an activating group) is 1. The largest absolute Gasteiger partial charge is 0.345 e. The Hall–Kier alpha value is -1.95. The van der Waals surface area contributed by atoms with Gasteiger partial charge in [0.2, 0.25) is 11.8 Å². The Morgan fingerprint density at radius 2 is 1.92 bits per heavy atom. The van der Waals surface area contributed by atoms with Crippen molar-refractivity contribution in [2.24, 2.45) is 5.41 Å². The third kappa shape index (κ3) is 4.23. The molecule has 0 saturated carbocycles. The number of halogens is 1. The lowest BCUT2D eigenvalue weighted by Crippen LogP contribution is -2.52. The summed E-state index contributed by atoms with van der Waals surface area (Å²) >= 11 is 0. The number of amides is 2. The third-order valence-corrected chi connectivity index (χ3v) is 5.85. The standard InChI is InChI=1S/C20H28FN3O2/c1-22(13-16-5-3-4-6-17(16)21)14-19(26)24-11-9-20(10-12-24)8-7-18(25)23(2)15-20/h3-6H,7-15H2,1-2H3. The van der Waals surface area contributed by atoms with Gasteiger partial charge in [-0.05, 0) is 37.8 Å². The fourth-order valence-corrected chi connectivity index (χ4v) is 4.18. The van der Waals surface area contributed by atoms with E-state index < -0.39 is 0 Å². The van der Waals surface area contributed by atoms with Gasteiger partial charge in [-0.25, -0.2) is 4.39 Å². The Balaban J connectivity index is 1.49. The molecule has 5 nitrogen and oxygen atoms in total. The highest BCUT2D eigenvalue weighted by molar-refractivity contribution is 5.78. The molecule has 0 aliphatic carbocycles. The van der Waals surface area contributed by atoms with Gasteiger partial charge in [0, 0.05) is 45.2 Å². The van der Waals surface area contributed by atoms with Crippen molar-refractivity contribution in [2.75, 3.05) is 40.3 Å². The molecule has 2 aliphatic rings. The summed E-state index contributed by atoms with van der Waals surface area (Å²) in [6, 6.07) is 6.68. The molecule has 2 amide bonds. The molecular formula is C20H28FN3O2. The van der Waals surface area contributed by atoms with E-state index in [4.69, 9.17) is 0 Å². The first-order chi connectivity index (χ1) is 12.4. The number of hydrogen-bond donors (Lipinski definition) is 0. The van der Waals surface area contributed by atoms with E-state index in [1.807, 2.05) is 34.9 Å². The molecule has 0 radical (unpaired) electrons. The van der Waals surface area contributed by atoms with Crippen LogP contribution < -0.4 is 0 Å². The van der Waals surface area contributed by atoms with Crippen LogP contribution in [-0.2, 0) is 16.1 Å². The van der Waals surface area contributed by atoms with Crippen molar-refractivity contribution in [3.63, 3.8) is 0 Å². The van der Waals surface area contributed by atoms with E-state index >= 15 is 0 Å². The minimum absolute atomic E-state index is 0.0962. The Kier molecular flexibility index (Phi) is 5.61. The first-order valence-corrected chi connectivity index (χ1v) is 9.32. The summed E-state index contributed by atoms with van der Waals surface area (Å²) in [5.74, 6) is 0.0884. The molecule has 1 aromatic rings. The second kappa shape index (κ2) is 7.74. The summed E-state index contributed by atoms with van der Waals surface area (Å²) in [5.41, 5.74) is 0.786. The van der Waals surface area contributed by atoms with Crippen LogP contribution in [0.2, 0.25) is 0 Å². The molecule has 0 atom stereocenters. The molecule has 2 fully saturated rings. The van der Waals surface area contributed by atoms with Crippen LogP contribution in [0, 0.1) is 11.2 Å². The predicted molar refractivity (Wildman–Crippen MR) is 97.9 cm³/mol. The summed E-state index contributed by atoms with van der Waals surface area (Å²) in [5, 5.41) is 0. The van der Waals surface area contributed by atoms with Crippen LogP contribution in [0.1, 0.15) is 31.2 Å². The van der Waals surface area contributed by atoms with Crippen molar-refractivity contribution in [1.82, 2.24) is 14.7 Å². The first-order valence-electron chi connectivity index (χ1n) is 9.32. The van der Waals surface area contributed by atoms with Crippen LogP contribution in [0.4, 0.5) is 4.39 Å². The second-order valence-corrected chi connectivity index (χ2v) is 7.89. The van der Waals surface area contributed by atoms with Crippen molar-refractivity contribution >= 4 is 11.8 Å². The van der Waals surface area contributed by atoms with Crippen LogP contribution in [0.5, 0.6) is 0 Å². The SMILES string of the molecule is CN(CC(=O)N1CCC2(CCC(=O)N(C)C2)CC1)Cc1ccccc1F. The highest BCUT2D eigenvalue weighted by atomic mass is 19.1. The Morgan fingerprint density at radius 1 is 1.23 bits per heavy atom. The lowest BCUT2D eigenvalue weighted by Gasteiger charge is -2.46. The highest BCUT2D eigenvalue weighted by Gasteiger charge is 2.40. The van der Waals surface area contributed by atoms with E-state index in [0.717, 1.165) is 38.9 Å². The summed E-state index contributed by atoms with van der Waals surface area (Å²) in [6.07, 6.45) is 3.46. The van der Waals surface area contributed by atoms with E-state index in [1.165, 1.54) is 6.07 Å². The van der Waals surface area contributed by atoms with Gasteiger partial charge in [0.1, 0.15) is 5.82 Å². The molecule has 2 aliphatic heterocycles. The molecule has 26 heavy (non-hydrogen) atoms. The van der Waals surface area contributed by atoms with Crippen molar-refractivity contribution in [2.45, 2.75) is 32.2 Å². The molecule has 0 aromatic heterocycles. The van der Waals surface area contributed by atoms with Crippen LogP contribution in [0.3, 0.4) is 0 Å². The number of carbonyl (C=O) groups is 2. The highest BCUT2D eigenvalue weighted by Crippen LogP contribution is 2.39. The molecule has 142 valence electrons. The molecule has 2 saturated heterocycles. The normalized spacial score (nSPS) is 20.1. The number of likely N-dealkylation sites (tertiary alicyclic amines) is 2. The zero-order chi connectivity index (χ0) is 18.7. The minimum atomic E-state index is -0.234. The lowest BCUT2D eigenvalue weighted by atomic mass is 9.72. The molecule has 0 N–H and O–H groups in total. The molecule has 1 spiro atoms. The number of piperidine rings is 2. The lowest BCUT2D eigenvalue weighted by molar-refractivity contribution is -0.141. The Morgan fingerprint density at radius 3 is 2.58 bits per heavy atom. The minimum Gasteiger partial charge on any atom is -0.345 e. The van der Waals surface area contributed by atoms with Gasteiger partial charge in [-0.3, -0.25) is 14.5 Å². The van der Waals surface area contributed by atoms with Crippen LogP contribution in [0.15, 0.2) is 24.3 Å². The third-order valence-electron chi connectivity index (χ3n) is 5.85. The van der Waals surface area contributed by atoms with E-state index in [2.05, 4.69) is 0 Å². The zero-order valence-electron chi connectivity index (χ0n) is 15.7. The van der Waals surface area contributed by atoms with Gasteiger partial charge in [-0.2, -0.15) is 0 Å². The van der Waals surface area contributed by atoms with Crippen LogP contribution in [0.25, 0.3) is 0 Å². The molecule has 0 unspecified atom stereocenters. The van der Waals surface area contributed by atoms with Crippen molar-refractivity contribution in [1.29, 1.82) is 0 Å². The number of hydrogen-bond acceptors (Lipinski definition) is 3. The van der Waals surface area contributed by atoms with Gasteiger partial charge in [0.25, 0.3) is 0 Å². The zero-order valence-corrected chi connectivity index (χ0v) is 15.7. The Bertz CT molecular complexity index is 671. The van der Waals surface area contributed by atoms with Crippen LogP contribution in [-0.4, -0.2) is 66.8 Å². The van der Waals surface area contributed by atoms with Gasteiger partial charge >= 0.3 is 0 Å². The van der Waals surface area contributed by atoms with Crippen molar-refractivity contribution in [3.05, 3.63) is 35.6 Å². The maximum absolute atomic E-state index is 13.8. The van der Waals surface area contributed by atoms with E-state index in [1.54, 1.807) is 12.1 Å². The Labute approximate surface area is 154 Å². The smallest absolute Gasteiger partial charge is 0.236 e. The number of nitrogens with zero attached hydrogens (tertiary/aromatic N) is 3. The maximum atomic E-state index is 13.8. The fourth-order valence-electron chi connectivity index (χ4n) is 4.18. The predicted octanol–water partition coefficient (Wildman–Crippen LogP) is 2.12. The van der Waals surface area contributed by atoms with Gasteiger partial charge in [-0.15, -0.1) is 0 Å². The van der Waals surface area contributed by atoms with E-state index in [0.29, 0.717) is 25.1 Å². The number of rotatable bonds is 4. The van der Waals surface area contributed by atoms with Gasteiger partial charge < -0.3 is 9.80 Å². The maximum Gasteiger partial charge on any atom is 0.236 e. The molecule has 0 bridgehead atoms. The summed E-state index contributed by atoms with van der Waals surface area (Å²) in [4.78, 5) is 29.9. The topological polar surface area (TPSA) is 43.9 Å². The number of carbonyl (C=O) groups excluding carboxylic acids is 2. The average molecular weight is 361 g/mol.